The standard InChI is InChI=1S/C16H20FNO3/c1-10(2)20-15(19)18-7-6-11-8-12(21-16(3,4)5)9-13(17)14(11)18/h6-10H,1-5H3. The van der Waals surface area contributed by atoms with E-state index in [-0.39, 0.29) is 11.6 Å². The van der Waals surface area contributed by atoms with Gasteiger partial charge in [0.1, 0.15) is 11.4 Å². The van der Waals surface area contributed by atoms with Crippen LogP contribution in [0.25, 0.3) is 10.9 Å². The highest BCUT2D eigenvalue weighted by atomic mass is 19.1. The zero-order valence-electron chi connectivity index (χ0n) is 12.9. The Morgan fingerprint density at radius 2 is 1.95 bits per heavy atom. The van der Waals surface area contributed by atoms with Gasteiger partial charge in [-0.3, -0.25) is 0 Å². The van der Waals surface area contributed by atoms with Crippen LogP contribution < -0.4 is 4.74 Å². The maximum Gasteiger partial charge on any atom is 0.418 e. The van der Waals surface area contributed by atoms with Crippen molar-refractivity contribution in [3.63, 3.8) is 0 Å². The molecule has 1 heterocycles. The molecule has 0 atom stereocenters. The maximum atomic E-state index is 14.3. The molecule has 0 saturated heterocycles. The molecular formula is C16H20FNO3. The maximum absolute atomic E-state index is 14.3. The molecule has 0 radical (unpaired) electrons. The van der Waals surface area contributed by atoms with Crippen molar-refractivity contribution < 1.29 is 18.7 Å². The molecule has 1 aromatic heterocycles. The topological polar surface area (TPSA) is 40.5 Å². The van der Waals surface area contributed by atoms with E-state index in [4.69, 9.17) is 9.47 Å². The Kier molecular flexibility index (Phi) is 3.94. The summed E-state index contributed by atoms with van der Waals surface area (Å²) in [5.74, 6) is -0.0834. The van der Waals surface area contributed by atoms with Gasteiger partial charge in [0.2, 0.25) is 0 Å². The number of fused-ring (bicyclic) bond motifs is 1. The van der Waals surface area contributed by atoms with Crippen molar-refractivity contribution in [3.05, 3.63) is 30.2 Å². The predicted molar refractivity (Wildman–Crippen MR) is 79.3 cm³/mol. The summed E-state index contributed by atoms with van der Waals surface area (Å²) in [7, 11) is 0. The zero-order chi connectivity index (χ0) is 15.8. The van der Waals surface area contributed by atoms with Crippen LogP contribution in [0.3, 0.4) is 0 Å². The summed E-state index contributed by atoms with van der Waals surface area (Å²) in [4.78, 5) is 11.9. The minimum Gasteiger partial charge on any atom is -0.488 e. The first-order valence-corrected chi connectivity index (χ1v) is 6.88. The number of halogens is 1. The van der Waals surface area contributed by atoms with Crippen LogP contribution in [0.15, 0.2) is 24.4 Å². The highest BCUT2D eigenvalue weighted by Gasteiger charge is 2.18. The van der Waals surface area contributed by atoms with Gasteiger partial charge < -0.3 is 9.47 Å². The fourth-order valence-electron chi connectivity index (χ4n) is 2.03. The van der Waals surface area contributed by atoms with Gasteiger partial charge in [-0.05, 0) is 46.8 Å². The highest BCUT2D eigenvalue weighted by Crippen LogP contribution is 2.28. The van der Waals surface area contributed by atoms with E-state index in [0.717, 1.165) is 0 Å². The van der Waals surface area contributed by atoms with E-state index in [1.54, 1.807) is 26.0 Å². The van der Waals surface area contributed by atoms with Gasteiger partial charge >= 0.3 is 6.09 Å². The number of ether oxygens (including phenoxy) is 2. The van der Waals surface area contributed by atoms with E-state index in [9.17, 15) is 9.18 Å². The number of nitrogens with zero attached hydrogens (tertiary/aromatic N) is 1. The van der Waals surface area contributed by atoms with E-state index in [0.29, 0.717) is 11.1 Å². The Morgan fingerprint density at radius 3 is 2.52 bits per heavy atom. The molecule has 21 heavy (non-hydrogen) atoms. The van der Waals surface area contributed by atoms with Gasteiger partial charge in [-0.1, -0.05) is 0 Å². The monoisotopic (exact) mass is 293 g/mol. The second-order valence-corrected chi connectivity index (χ2v) is 6.18. The van der Waals surface area contributed by atoms with Crippen LogP contribution in [-0.4, -0.2) is 22.4 Å². The van der Waals surface area contributed by atoms with Gasteiger partial charge in [-0.15, -0.1) is 0 Å². The number of benzene rings is 1. The van der Waals surface area contributed by atoms with Crippen LogP contribution in [0, 0.1) is 5.82 Å². The number of hydrogen-bond acceptors (Lipinski definition) is 3. The molecule has 0 fully saturated rings. The molecule has 0 bridgehead atoms. The first-order valence-electron chi connectivity index (χ1n) is 6.88. The SMILES string of the molecule is CC(C)OC(=O)n1ccc2cc(OC(C)(C)C)cc(F)c21. The summed E-state index contributed by atoms with van der Waals surface area (Å²) in [6.45, 7) is 9.16. The van der Waals surface area contributed by atoms with Crippen LogP contribution in [0.1, 0.15) is 34.6 Å². The summed E-state index contributed by atoms with van der Waals surface area (Å²) in [5.41, 5.74) is -0.221. The van der Waals surface area contributed by atoms with Crippen molar-refractivity contribution in [3.8, 4) is 5.75 Å². The molecule has 0 aliphatic carbocycles. The third-order valence-electron chi connectivity index (χ3n) is 2.67. The molecule has 5 heteroatoms. The van der Waals surface area contributed by atoms with Crippen molar-refractivity contribution in [1.29, 1.82) is 0 Å². The average Bonchev–Trinajstić information content (AvgIpc) is 2.69. The average molecular weight is 293 g/mol. The Hall–Kier alpha value is -2.04. The Bertz CT molecular complexity index is 668. The first-order chi connectivity index (χ1) is 9.67. The van der Waals surface area contributed by atoms with Crippen molar-refractivity contribution in [2.45, 2.75) is 46.3 Å². The van der Waals surface area contributed by atoms with E-state index >= 15 is 0 Å². The van der Waals surface area contributed by atoms with Crippen LogP contribution in [0.5, 0.6) is 5.75 Å². The minimum atomic E-state index is -0.594. The van der Waals surface area contributed by atoms with Crippen LogP contribution in [0.4, 0.5) is 9.18 Å². The van der Waals surface area contributed by atoms with E-state index in [1.165, 1.54) is 16.8 Å². The number of aromatic nitrogens is 1. The van der Waals surface area contributed by atoms with E-state index < -0.39 is 17.5 Å². The Balaban J connectivity index is 2.43. The lowest BCUT2D eigenvalue weighted by Gasteiger charge is -2.21. The second-order valence-electron chi connectivity index (χ2n) is 6.18. The lowest BCUT2D eigenvalue weighted by atomic mass is 10.2. The molecule has 0 saturated carbocycles. The fourth-order valence-corrected chi connectivity index (χ4v) is 2.03. The lowest BCUT2D eigenvalue weighted by molar-refractivity contribution is 0.118. The quantitative estimate of drug-likeness (QED) is 0.826. The molecule has 4 nitrogen and oxygen atoms in total. The van der Waals surface area contributed by atoms with Gasteiger partial charge in [0.15, 0.2) is 5.82 Å². The molecule has 0 unspecified atom stereocenters. The molecule has 0 aliphatic rings. The summed E-state index contributed by atoms with van der Waals surface area (Å²) in [6, 6.07) is 4.66. The number of carbonyl (C=O) groups excluding carboxylic acids is 1. The largest absolute Gasteiger partial charge is 0.488 e. The van der Waals surface area contributed by atoms with E-state index in [2.05, 4.69) is 0 Å². The summed E-state index contributed by atoms with van der Waals surface area (Å²) < 4.78 is 26.2. The molecule has 114 valence electrons. The summed E-state index contributed by atoms with van der Waals surface area (Å²) >= 11 is 0. The molecule has 1 aromatic carbocycles. The van der Waals surface area contributed by atoms with Crippen LogP contribution in [-0.2, 0) is 4.74 Å². The third-order valence-corrected chi connectivity index (χ3v) is 2.67. The van der Waals surface area contributed by atoms with Crippen molar-refractivity contribution >= 4 is 17.0 Å². The highest BCUT2D eigenvalue weighted by molar-refractivity contribution is 5.90. The Morgan fingerprint density at radius 1 is 1.29 bits per heavy atom. The van der Waals surface area contributed by atoms with Gasteiger partial charge in [0, 0.05) is 17.6 Å². The molecular weight excluding hydrogens is 273 g/mol. The molecule has 2 aromatic rings. The van der Waals surface area contributed by atoms with Crippen LogP contribution >= 0.6 is 0 Å². The van der Waals surface area contributed by atoms with Crippen molar-refractivity contribution in [1.82, 2.24) is 4.57 Å². The molecule has 0 aliphatic heterocycles. The molecule has 0 spiro atoms. The first kappa shape index (κ1) is 15.4. The fraction of sp³-hybridized carbons (Fsp3) is 0.438. The van der Waals surface area contributed by atoms with Gasteiger partial charge in [-0.2, -0.15) is 0 Å². The smallest absolute Gasteiger partial charge is 0.418 e. The number of carbonyl (C=O) groups is 1. The van der Waals surface area contributed by atoms with Gasteiger partial charge in [-0.25, -0.2) is 13.8 Å². The lowest BCUT2D eigenvalue weighted by Crippen LogP contribution is -2.23. The van der Waals surface area contributed by atoms with Crippen molar-refractivity contribution in [2.24, 2.45) is 0 Å². The molecule has 0 amide bonds. The third kappa shape index (κ3) is 3.54. The molecule has 2 rings (SSSR count). The predicted octanol–water partition coefficient (Wildman–Crippen LogP) is 4.35. The zero-order valence-corrected chi connectivity index (χ0v) is 12.9. The summed E-state index contributed by atoms with van der Waals surface area (Å²) in [5, 5.41) is 0.593. The summed E-state index contributed by atoms with van der Waals surface area (Å²) in [6.07, 6.45) is 0.643. The second kappa shape index (κ2) is 5.39. The Labute approximate surface area is 123 Å². The van der Waals surface area contributed by atoms with E-state index in [1.807, 2.05) is 20.8 Å². The van der Waals surface area contributed by atoms with Crippen molar-refractivity contribution in [2.75, 3.05) is 0 Å². The van der Waals surface area contributed by atoms with Crippen LogP contribution in [0.2, 0.25) is 0 Å². The number of rotatable bonds is 2. The normalized spacial score (nSPS) is 12.0. The molecule has 0 N–H and O–H groups in total. The number of hydrogen-bond donors (Lipinski definition) is 0. The van der Waals surface area contributed by atoms with Gasteiger partial charge in [0.05, 0.1) is 11.6 Å². The van der Waals surface area contributed by atoms with Gasteiger partial charge in [0.25, 0.3) is 0 Å². The minimum absolute atomic E-state index is 0.196.